The molecule has 3 rings (SSSR count). The summed E-state index contributed by atoms with van der Waals surface area (Å²) < 4.78 is 0. The molecular weight excluding hydrogens is 160 g/mol. The standard InChI is InChI=1S/C11H14N2/c1-2-4-10-8(3-1)9-5-6-12-7-11(9)13-10/h2,4-11,13H,1,3H2/t8?,9-,10?,11+/m0/s1. The van der Waals surface area contributed by atoms with E-state index in [0.717, 1.165) is 5.92 Å². The van der Waals surface area contributed by atoms with Gasteiger partial charge in [0.1, 0.15) is 0 Å². The topological polar surface area (TPSA) is 24.4 Å². The molecule has 0 radical (unpaired) electrons. The van der Waals surface area contributed by atoms with Gasteiger partial charge >= 0.3 is 0 Å². The Kier molecular flexibility index (Phi) is 1.62. The number of fused-ring (bicyclic) bond motifs is 3. The van der Waals surface area contributed by atoms with Crippen LogP contribution in [-0.2, 0) is 0 Å². The molecule has 1 N–H and O–H groups in total. The molecule has 0 amide bonds. The first kappa shape index (κ1) is 7.51. The molecule has 2 nitrogen and oxygen atoms in total. The molecule has 2 heteroatoms. The van der Waals surface area contributed by atoms with Gasteiger partial charge in [-0.25, -0.2) is 0 Å². The first-order chi connectivity index (χ1) is 6.45. The fourth-order valence-electron chi connectivity index (χ4n) is 2.76. The summed E-state index contributed by atoms with van der Waals surface area (Å²) in [6.45, 7) is 0. The normalized spacial score (nSPS) is 46.2. The highest BCUT2D eigenvalue weighted by molar-refractivity contribution is 5.68. The fourth-order valence-corrected chi connectivity index (χ4v) is 2.76. The largest absolute Gasteiger partial charge is 0.302 e. The maximum Gasteiger partial charge on any atom is 0.0496 e. The molecule has 0 saturated carbocycles. The lowest BCUT2D eigenvalue weighted by molar-refractivity contribution is 0.400. The van der Waals surface area contributed by atoms with E-state index in [4.69, 9.17) is 0 Å². The summed E-state index contributed by atoms with van der Waals surface area (Å²) in [5.74, 6) is 1.49. The maximum atomic E-state index is 4.19. The molecule has 0 aromatic heterocycles. The Labute approximate surface area is 78.4 Å². The highest BCUT2D eigenvalue weighted by atomic mass is 15.0. The maximum absolute atomic E-state index is 4.19. The average Bonchev–Trinajstić information content (AvgIpc) is 2.56. The molecule has 0 aromatic rings. The van der Waals surface area contributed by atoms with Crippen molar-refractivity contribution in [2.24, 2.45) is 16.8 Å². The second kappa shape index (κ2) is 2.81. The zero-order chi connectivity index (χ0) is 8.67. The van der Waals surface area contributed by atoms with Gasteiger partial charge in [-0.1, -0.05) is 18.2 Å². The predicted octanol–water partition coefficient (Wildman–Crippen LogP) is 1.51. The van der Waals surface area contributed by atoms with Gasteiger partial charge in [0.25, 0.3) is 0 Å². The minimum absolute atomic E-state index is 0.489. The number of allylic oxidation sites excluding steroid dienone is 1. The minimum Gasteiger partial charge on any atom is -0.302 e. The van der Waals surface area contributed by atoms with E-state index < -0.39 is 0 Å². The Bertz CT molecular complexity index is 290. The Hall–Kier alpha value is -0.890. The van der Waals surface area contributed by atoms with Crippen LogP contribution in [0.15, 0.2) is 29.4 Å². The van der Waals surface area contributed by atoms with E-state index in [-0.39, 0.29) is 0 Å². The molecule has 3 aliphatic rings. The van der Waals surface area contributed by atoms with Gasteiger partial charge < -0.3 is 5.32 Å². The van der Waals surface area contributed by atoms with Crippen LogP contribution in [-0.4, -0.2) is 18.3 Å². The monoisotopic (exact) mass is 174 g/mol. The van der Waals surface area contributed by atoms with Crippen molar-refractivity contribution < 1.29 is 0 Å². The Morgan fingerprint density at radius 3 is 3.23 bits per heavy atom. The number of hydrogen-bond donors (Lipinski definition) is 1. The van der Waals surface area contributed by atoms with Crippen LogP contribution in [0, 0.1) is 11.8 Å². The third-order valence-corrected chi connectivity index (χ3v) is 3.41. The van der Waals surface area contributed by atoms with E-state index in [1.165, 1.54) is 12.8 Å². The van der Waals surface area contributed by atoms with Crippen LogP contribution < -0.4 is 5.32 Å². The summed E-state index contributed by atoms with van der Waals surface area (Å²) in [5.41, 5.74) is 0. The molecule has 68 valence electrons. The van der Waals surface area contributed by atoms with E-state index in [9.17, 15) is 0 Å². The Morgan fingerprint density at radius 1 is 1.23 bits per heavy atom. The molecular formula is C11H14N2. The van der Waals surface area contributed by atoms with Crippen molar-refractivity contribution in [3.63, 3.8) is 0 Å². The van der Waals surface area contributed by atoms with Gasteiger partial charge in [-0.05, 0) is 18.8 Å². The van der Waals surface area contributed by atoms with Crippen molar-refractivity contribution >= 4 is 6.21 Å². The van der Waals surface area contributed by atoms with E-state index >= 15 is 0 Å². The Morgan fingerprint density at radius 2 is 2.23 bits per heavy atom. The lowest BCUT2D eigenvalue weighted by atomic mass is 9.81. The predicted molar refractivity (Wildman–Crippen MR) is 53.7 cm³/mol. The highest BCUT2D eigenvalue weighted by Crippen LogP contribution is 2.36. The molecule has 1 saturated heterocycles. The molecule has 0 spiro atoms. The lowest BCUT2D eigenvalue weighted by Gasteiger charge is -2.23. The summed E-state index contributed by atoms with van der Waals surface area (Å²) in [5, 5.41) is 3.61. The second-order valence-electron chi connectivity index (χ2n) is 4.10. The molecule has 0 aromatic carbocycles. The van der Waals surface area contributed by atoms with Crippen LogP contribution >= 0.6 is 0 Å². The molecule has 1 fully saturated rings. The quantitative estimate of drug-likeness (QED) is 0.553. The molecule has 1 aliphatic carbocycles. The van der Waals surface area contributed by atoms with E-state index in [0.29, 0.717) is 18.0 Å². The number of aliphatic imine (C=N–C) groups is 1. The molecule has 2 aliphatic heterocycles. The summed E-state index contributed by atoms with van der Waals surface area (Å²) >= 11 is 0. The SMILES string of the molecule is C1=CC2N[C@@H]3C=NC=C[C@H]3C2CC1. The smallest absolute Gasteiger partial charge is 0.0496 e. The van der Waals surface area contributed by atoms with Crippen LogP contribution in [0.3, 0.4) is 0 Å². The number of hydrogen-bond acceptors (Lipinski definition) is 2. The average molecular weight is 174 g/mol. The minimum atomic E-state index is 0.489. The van der Waals surface area contributed by atoms with Gasteiger partial charge in [-0.2, -0.15) is 0 Å². The van der Waals surface area contributed by atoms with Crippen LogP contribution in [0.1, 0.15) is 12.8 Å². The van der Waals surface area contributed by atoms with Gasteiger partial charge in [-0.3, -0.25) is 4.99 Å². The Balaban J connectivity index is 1.91. The summed E-state index contributed by atoms with van der Waals surface area (Å²) in [6.07, 6.45) is 13.5. The van der Waals surface area contributed by atoms with Gasteiger partial charge in [-0.15, -0.1) is 0 Å². The van der Waals surface area contributed by atoms with Crippen molar-refractivity contribution in [2.45, 2.75) is 24.9 Å². The van der Waals surface area contributed by atoms with Crippen LogP contribution in [0.2, 0.25) is 0 Å². The summed E-state index contributed by atoms with van der Waals surface area (Å²) in [4.78, 5) is 4.19. The van der Waals surface area contributed by atoms with Gasteiger partial charge in [0.15, 0.2) is 0 Å². The van der Waals surface area contributed by atoms with Gasteiger partial charge in [0.2, 0.25) is 0 Å². The van der Waals surface area contributed by atoms with Gasteiger partial charge in [0, 0.05) is 30.4 Å². The molecule has 2 heterocycles. The fraction of sp³-hybridized carbons (Fsp3) is 0.545. The van der Waals surface area contributed by atoms with E-state index in [2.05, 4.69) is 34.8 Å². The zero-order valence-corrected chi connectivity index (χ0v) is 7.56. The van der Waals surface area contributed by atoms with E-state index in [1.54, 1.807) is 0 Å². The first-order valence-electron chi connectivity index (χ1n) is 5.08. The van der Waals surface area contributed by atoms with Crippen LogP contribution in [0.25, 0.3) is 0 Å². The van der Waals surface area contributed by atoms with E-state index in [1.807, 2.05) is 6.20 Å². The molecule has 2 unspecified atom stereocenters. The highest BCUT2D eigenvalue weighted by Gasteiger charge is 2.40. The number of nitrogens with zero attached hydrogens (tertiary/aromatic N) is 1. The molecule has 4 atom stereocenters. The first-order valence-corrected chi connectivity index (χ1v) is 5.08. The third kappa shape index (κ3) is 1.09. The van der Waals surface area contributed by atoms with Gasteiger partial charge in [0.05, 0.1) is 0 Å². The molecule has 0 bridgehead atoms. The second-order valence-corrected chi connectivity index (χ2v) is 4.10. The van der Waals surface area contributed by atoms with Crippen molar-refractivity contribution in [3.05, 3.63) is 24.4 Å². The van der Waals surface area contributed by atoms with Crippen molar-refractivity contribution in [3.8, 4) is 0 Å². The van der Waals surface area contributed by atoms with Crippen molar-refractivity contribution in [2.75, 3.05) is 0 Å². The molecule has 13 heavy (non-hydrogen) atoms. The lowest BCUT2D eigenvalue weighted by Crippen LogP contribution is -2.32. The van der Waals surface area contributed by atoms with Crippen molar-refractivity contribution in [1.29, 1.82) is 0 Å². The zero-order valence-electron chi connectivity index (χ0n) is 7.56. The summed E-state index contributed by atoms with van der Waals surface area (Å²) in [7, 11) is 0. The van der Waals surface area contributed by atoms with Crippen LogP contribution in [0.5, 0.6) is 0 Å². The third-order valence-electron chi connectivity index (χ3n) is 3.41. The summed E-state index contributed by atoms with van der Waals surface area (Å²) in [6, 6.07) is 1.08. The number of rotatable bonds is 0. The van der Waals surface area contributed by atoms with Crippen LogP contribution in [0.4, 0.5) is 0 Å². The van der Waals surface area contributed by atoms with Crippen molar-refractivity contribution in [1.82, 2.24) is 5.32 Å². The number of nitrogens with one attached hydrogen (secondary N) is 1.